The lowest BCUT2D eigenvalue weighted by Crippen LogP contribution is -2.27. The molecule has 1 saturated heterocycles. The van der Waals surface area contributed by atoms with Gasteiger partial charge in [0.1, 0.15) is 0 Å². The Morgan fingerprint density at radius 1 is 1.06 bits per heavy atom. The number of aryl methyl sites for hydroxylation is 1. The van der Waals surface area contributed by atoms with Gasteiger partial charge in [-0.25, -0.2) is 0 Å². The summed E-state index contributed by atoms with van der Waals surface area (Å²) in [5.41, 5.74) is 1.98. The van der Waals surface area contributed by atoms with Gasteiger partial charge in [-0.2, -0.15) is 0 Å². The maximum absolute atomic E-state index is 12.6. The Morgan fingerprint density at radius 3 is 2.59 bits per heavy atom. The number of carbonyl (C=O) groups excluding carboxylic acids is 2. The van der Waals surface area contributed by atoms with E-state index in [0.29, 0.717) is 17.3 Å². The van der Waals surface area contributed by atoms with Crippen molar-refractivity contribution in [3.05, 3.63) is 77.9 Å². The number of fused-ring (bicyclic) bond motifs is 1. The van der Waals surface area contributed by atoms with Gasteiger partial charge in [-0.1, -0.05) is 36.4 Å². The molecule has 2 amide bonds. The molecule has 0 N–H and O–H groups in total. The zero-order valence-electron chi connectivity index (χ0n) is 17.8. The third kappa shape index (κ3) is 4.43. The molecule has 0 unspecified atom stereocenters. The van der Waals surface area contributed by atoms with E-state index in [-0.39, 0.29) is 17.7 Å². The molecule has 3 aromatic rings. The van der Waals surface area contributed by atoms with E-state index < -0.39 is 0 Å². The van der Waals surface area contributed by atoms with Gasteiger partial charge in [-0.05, 0) is 42.5 Å². The maximum Gasteiger partial charge on any atom is 0.293 e. The van der Waals surface area contributed by atoms with Gasteiger partial charge < -0.3 is 14.0 Å². The average molecular weight is 449 g/mol. The molecule has 0 spiro atoms. The fourth-order valence-corrected chi connectivity index (χ4v) is 4.50. The molecule has 1 aliphatic heterocycles. The van der Waals surface area contributed by atoms with Crippen molar-refractivity contribution in [3.63, 3.8) is 0 Å². The summed E-state index contributed by atoms with van der Waals surface area (Å²) in [7, 11) is 1.63. The number of imide groups is 1. The van der Waals surface area contributed by atoms with Crippen molar-refractivity contribution in [1.29, 1.82) is 0 Å². The second-order valence-corrected chi connectivity index (χ2v) is 8.22. The van der Waals surface area contributed by atoms with E-state index in [4.69, 9.17) is 9.47 Å². The number of benzene rings is 2. The molecule has 1 aromatic heterocycles. The van der Waals surface area contributed by atoms with E-state index in [1.807, 2.05) is 48.7 Å². The molecule has 0 saturated carbocycles. The molecule has 2 aromatic carbocycles. The molecule has 32 heavy (non-hydrogen) atoms. The van der Waals surface area contributed by atoms with Crippen molar-refractivity contribution in [2.45, 2.75) is 13.0 Å². The predicted molar refractivity (Wildman–Crippen MR) is 128 cm³/mol. The molecule has 6 nitrogen and oxygen atoms in total. The SMILES string of the molecule is C=CCN1C(=O)S/C(=C\c2cn(CCCOc3ccccc3OC)c3ccccc23)C1=O. The van der Waals surface area contributed by atoms with Crippen LogP contribution in [0.2, 0.25) is 0 Å². The Bertz CT molecular complexity index is 1200. The van der Waals surface area contributed by atoms with Crippen LogP contribution in [0, 0.1) is 0 Å². The Kier molecular flexibility index (Phi) is 6.66. The highest BCUT2D eigenvalue weighted by Gasteiger charge is 2.34. The number of aromatic nitrogens is 1. The van der Waals surface area contributed by atoms with Crippen LogP contribution in [0.3, 0.4) is 0 Å². The van der Waals surface area contributed by atoms with Crippen LogP contribution in [0.15, 0.2) is 72.3 Å². The van der Waals surface area contributed by atoms with Crippen molar-refractivity contribution >= 4 is 39.9 Å². The highest BCUT2D eigenvalue weighted by atomic mass is 32.2. The number of ether oxygens (including phenoxy) is 2. The van der Waals surface area contributed by atoms with Crippen LogP contribution in [0.25, 0.3) is 17.0 Å². The number of rotatable bonds is 9. The van der Waals surface area contributed by atoms with Gasteiger partial charge in [0.2, 0.25) is 0 Å². The summed E-state index contributed by atoms with van der Waals surface area (Å²) >= 11 is 0.967. The fourth-order valence-electron chi connectivity index (χ4n) is 3.66. The van der Waals surface area contributed by atoms with Crippen molar-refractivity contribution in [2.24, 2.45) is 0 Å². The Hall–Kier alpha value is -3.45. The number of methoxy groups -OCH3 is 1. The van der Waals surface area contributed by atoms with Gasteiger partial charge >= 0.3 is 0 Å². The van der Waals surface area contributed by atoms with Gasteiger partial charge in [-0.15, -0.1) is 6.58 Å². The summed E-state index contributed by atoms with van der Waals surface area (Å²) in [6, 6.07) is 15.6. The Morgan fingerprint density at radius 2 is 1.81 bits per heavy atom. The minimum absolute atomic E-state index is 0.218. The first kappa shape index (κ1) is 21.8. The molecule has 0 bridgehead atoms. The molecule has 4 rings (SSSR count). The zero-order valence-corrected chi connectivity index (χ0v) is 18.6. The minimum Gasteiger partial charge on any atom is -0.493 e. The molecule has 0 radical (unpaired) electrons. The van der Waals surface area contributed by atoms with Crippen LogP contribution < -0.4 is 9.47 Å². The number of para-hydroxylation sites is 3. The smallest absolute Gasteiger partial charge is 0.293 e. The highest BCUT2D eigenvalue weighted by Crippen LogP contribution is 2.34. The number of amides is 2. The molecule has 0 atom stereocenters. The maximum atomic E-state index is 12.6. The zero-order chi connectivity index (χ0) is 22.5. The molecule has 1 aliphatic rings. The number of hydrogen-bond donors (Lipinski definition) is 0. The molecular weight excluding hydrogens is 424 g/mol. The van der Waals surface area contributed by atoms with Crippen LogP contribution in [0.1, 0.15) is 12.0 Å². The van der Waals surface area contributed by atoms with Gasteiger partial charge in [0, 0.05) is 35.8 Å². The second-order valence-electron chi connectivity index (χ2n) is 7.23. The first-order valence-corrected chi connectivity index (χ1v) is 11.1. The number of nitrogens with zero attached hydrogens (tertiary/aromatic N) is 2. The van der Waals surface area contributed by atoms with E-state index >= 15 is 0 Å². The molecule has 7 heteroatoms. The summed E-state index contributed by atoms with van der Waals surface area (Å²) in [5, 5.41) is 0.770. The molecule has 164 valence electrons. The first-order valence-electron chi connectivity index (χ1n) is 10.3. The topological polar surface area (TPSA) is 60.8 Å². The summed E-state index contributed by atoms with van der Waals surface area (Å²) in [5.74, 6) is 1.16. The van der Waals surface area contributed by atoms with Gasteiger partial charge in [0.05, 0.1) is 18.6 Å². The lowest BCUT2D eigenvalue weighted by Gasteiger charge is -2.11. The predicted octanol–water partition coefficient (Wildman–Crippen LogP) is 5.34. The lowest BCUT2D eigenvalue weighted by molar-refractivity contribution is -0.122. The van der Waals surface area contributed by atoms with Crippen LogP contribution in [0.5, 0.6) is 11.5 Å². The Labute approximate surface area is 191 Å². The van der Waals surface area contributed by atoms with E-state index in [1.54, 1.807) is 19.3 Å². The van der Waals surface area contributed by atoms with E-state index in [9.17, 15) is 9.59 Å². The van der Waals surface area contributed by atoms with Crippen molar-refractivity contribution in [3.8, 4) is 11.5 Å². The van der Waals surface area contributed by atoms with Crippen LogP contribution >= 0.6 is 11.8 Å². The average Bonchev–Trinajstić information content (AvgIpc) is 3.29. The summed E-state index contributed by atoms with van der Waals surface area (Å²) in [4.78, 5) is 26.4. The van der Waals surface area contributed by atoms with Crippen molar-refractivity contribution < 1.29 is 19.1 Å². The fraction of sp³-hybridized carbons (Fsp3) is 0.200. The molecule has 2 heterocycles. The number of hydrogen-bond acceptors (Lipinski definition) is 5. The van der Waals surface area contributed by atoms with Gasteiger partial charge in [-0.3, -0.25) is 14.5 Å². The summed E-state index contributed by atoms with van der Waals surface area (Å²) < 4.78 is 13.4. The van der Waals surface area contributed by atoms with Gasteiger partial charge in [0.25, 0.3) is 11.1 Å². The molecular formula is C25H24N2O4S. The minimum atomic E-state index is -0.276. The van der Waals surface area contributed by atoms with Crippen LogP contribution in [-0.2, 0) is 11.3 Å². The standard InChI is InChI=1S/C25H24N2O4S/c1-3-13-27-24(28)23(32-25(27)29)16-18-17-26(20-10-5-4-9-19(18)20)14-8-15-31-22-12-7-6-11-21(22)30-2/h3-7,9-12,16-17H,1,8,13-15H2,2H3/b23-16-. The van der Waals surface area contributed by atoms with E-state index in [0.717, 1.165) is 46.9 Å². The number of thioether (sulfide) groups is 1. The Balaban J connectivity index is 1.50. The van der Waals surface area contributed by atoms with Crippen LogP contribution in [0.4, 0.5) is 4.79 Å². The summed E-state index contributed by atoms with van der Waals surface area (Å²) in [6.45, 7) is 5.13. The third-order valence-electron chi connectivity index (χ3n) is 5.16. The van der Waals surface area contributed by atoms with Gasteiger partial charge in [0.15, 0.2) is 11.5 Å². The normalized spacial score (nSPS) is 15.0. The lowest BCUT2D eigenvalue weighted by atomic mass is 10.1. The molecule has 0 aliphatic carbocycles. The quantitative estimate of drug-likeness (QED) is 0.251. The number of carbonyl (C=O) groups is 2. The highest BCUT2D eigenvalue weighted by molar-refractivity contribution is 8.18. The monoisotopic (exact) mass is 448 g/mol. The largest absolute Gasteiger partial charge is 0.493 e. The van der Waals surface area contributed by atoms with E-state index in [1.165, 1.54) is 4.90 Å². The second kappa shape index (κ2) is 9.78. The third-order valence-corrected chi connectivity index (χ3v) is 6.07. The van der Waals surface area contributed by atoms with Crippen LogP contribution in [-0.4, -0.2) is 40.9 Å². The van der Waals surface area contributed by atoms with Crippen molar-refractivity contribution in [1.82, 2.24) is 9.47 Å². The molecule has 1 fully saturated rings. The van der Waals surface area contributed by atoms with E-state index in [2.05, 4.69) is 17.2 Å². The van der Waals surface area contributed by atoms with Crippen molar-refractivity contribution in [2.75, 3.05) is 20.3 Å². The first-order chi connectivity index (χ1) is 15.6. The summed E-state index contributed by atoms with van der Waals surface area (Å²) in [6.07, 6.45) is 6.18.